The molecule has 0 bridgehead atoms. The maximum absolute atomic E-state index is 12.0. The Morgan fingerprint density at radius 1 is 1.13 bits per heavy atom. The van der Waals surface area contributed by atoms with E-state index in [0.29, 0.717) is 22.0 Å². The number of thioether (sulfide) groups is 1. The molecule has 0 aromatic heterocycles. The number of hydrogen-bond donors (Lipinski definition) is 1. The van der Waals surface area contributed by atoms with Gasteiger partial charge in [-0.3, -0.25) is 9.59 Å². The van der Waals surface area contributed by atoms with Crippen molar-refractivity contribution < 1.29 is 9.59 Å². The zero-order valence-electron chi connectivity index (χ0n) is 12.9. The molecular weight excluding hydrogens is 332 g/mol. The molecule has 4 nitrogen and oxygen atoms in total. The minimum Gasteiger partial charge on any atom is -0.345 e. The molecule has 1 N–H and O–H groups in total. The molecule has 0 fully saturated rings. The van der Waals surface area contributed by atoms with E-state index in [0.717, 1.165) is 4.90 Å². The van der Waals surface area contributed by atoms with Gasteiger partial charge < -0.3 is 10.2 Å². The van der Waals surface area contributed by atoms with Crippen LogP contribution >= 0.6 is 23.4 Å². The molecule has 0 radical (unpaired) electrons. The average molecular weight is 349 g/mol. The summed E-state index contributed by atoms with van der Waals surface area (Å²) >= 11 is 7.32. The summed E-state index contributed by atoms with van der Waals surface area (Å²) in [6, 6.07) is 14.2. The minimum atomic E-state index is -0.110. The molecule has 0 aliphatic carbocycles. The van der Waals surface area contributed by atoms with Crippen molar-refractivity contribution in [2.75, 3.05) is 25.2 Å². The topological polar surface area (TPSA) is 49.4 Å². The highest BCUT2D eigenvalue weighted by molar-refractivity contribution is 8.00. The molecule has 0 saturated heterocycles. The van der Waals surface area contributed by atoms with Gasteiger partial charge in [-0.1, -0.05) is 17.7 Å². The first-order valence-corrected chi connectivity index (χ1v) is 8.32. The summed E-state index contributed by atoms with van der Waals surface area (Å²) in [5.74, 6) is 0.111. The fourth-order valence-corrected chi connectivity index (χ4v) is 2.87. The molecule has 120 valence electrons. The van der Waals surface area contributed by atoms with E-state index >= 15 is 0 Å². The first kappa shape index (κ1) is 17.4. The zero-order valence-corrected chi connectivity index (χ0v) is 14.4. The highest BCUT2D eigenvalue weighted by atomic mass is 35.5. The summed E-state index contributed by atoms with van der Waals surface area (Å²) in [6.45, 7) is 0. The van der Waals surface area contributed by atoms with E-state index in [1.54, 1.807) is 44.4 Å². The average Bonchev–Trinajstić information content (AvgIpc) is 2.53. The van der Waals surface area contributed by atoms with Crippen LogP contribution in [0.1, 0.15) is 10.4 Å². The summed E-state index contributed by atoms with van der Waals surface area (Å²) in [6.07, 6.45) is 0. The van der Waals surface area contributed by atoms with Gasteiger partial charge >= 0.3 is 0 Å². The number of nitrogens with zero attached hydrogens (tertiary/aromatic N) is 1. The Labute approximate surface area is 144 Å². The van der Waals surface area contributed by atoms with Gasteiger partial charge in [0.15, 0.2) is 0 Å². The van der Waals surface area contributed by atoms with E-state index in [1.165, 1.54) is 16.7 Å². The lowest BCUT2D eigenvalue weighted by Gasteiger charge is -2.11. The smallest absolute Gasteiger partial charge is 0.253 e. The number of carbonyl (C=O) groups is 2. The van der Waals surface area contributed by atoms with Gasteiger partial charge in [0.2, 0.25) is 5.91 Å². The second-order valence-corrected chi connectivity index (χ2v) is 6.56. The number of hydrogen-bond acceptors (Lipinski definition) is 3. The first-order valence-electron chi connectivity index (χ1n) is 6.95. The molecular formula is C17H17ClN2O2S. The van der Waals surface area contributed by atoms with Gasteiger partial charge in [0, 0.05) is 35.3 Å². The van der Waals surface area contributed by atoms with Gasteiger partial charge in [-0.15, -0.1) is 11.8 Å². The Balaban J connectivity index is 1.89. The predicted molar refractivity (Wildman–Crippen MR) is 95.3 cm³/mol. The fourth-order valence-electron chi connectivity index (χ4n) is 1.86. The molecule has 23 heavy (non-hydrogen) atoms. The minimum absolute atomic E-state index is 0.0700. The molecule has 6 heteroatoms. The molecule has 2 rings (SSSR count). The Morgan fingerprint density at radius 3 is 2.43 bits per heavy atom. The lowest BCUT2D eigenvalue weighted by Crippen LogP contribution is -2.21. The van der Waals surface area contributed by atoms with E-state index < -0.39 is 0 Å². The summed E-state index contributed by atoms with van der Waals surface area (Å²) in [5, 5.41) is 3.45. The van der Waals surface area contributed by atoms with Crippen molar-refractivity contribution in [3.05, 3.63) is 59.1 Å². The van der Waals surface area contributed by atoms with Crippen LogP contribution in [0.4, 0.5) is 5.69 Å². The number of anilines is 1. The van der Waals surface area contributed by atoms with Gasteiger partial charge in [-0.2, -0.15) is 0 Å². The van der Waals surface area contributed by atoms with Crippen LogP contribution in [0.15, 0.2) is 53.4 Å². The van der Waals surface area contributed by atoms with Gasteiger partial charge in [-0.25, -0.2) is 0 Å². The van der Waals surface area contributed by atoms with Gasteiger partial charge in [0.25, 0.3) is 5.91 Å². The predicted octanol–water partition coefficient (Wildman–Crippen LogP) is 3.77. The Morgan fingerprint density at radius 2 is 1.83 bits per heavy atom. The zero-order chi connectivity index (χ0) is 16.8. The summed E-state index contributed by atoms with van der Waals surface area (Å²) in [5.41, 5.74) is 1.25. The molecule has 0 aliphatic rings. The fraction of sp³-hybridized carbons (Fsp3) is 0.176. The third-order valence-corrected chi connectivity index (χ3v) is 4.22. The second-order valence-electron chi connectivity index (χ2n) is 5.07. The van der Waals surface area contributed by atoms with Crippen molar-refractivity contribution in [1.29, 1.82) is 0 Å². The van der Waals surface area contributed by atoms with Crippen LogP contribution in [0.2, 0.25) is 5.02 Å². The van der Waals surface area contributed by atoms with E-state index in [9.17, 15) is 9.59 Å². The maximum atomic E-state index is 12.0. The lowest BCUT2D eigenvalue weighted by molar-refractivity contribution is -0.113. The van der Waals surface area contributed by atoms with Gasteiger partial charge in [0.1, 0.15) is 0 Å². The summed E-state index contributed by atoms with van der Waals surface area (Å²) in [7, 11) is 3.40. The summed E-state index contributed by atoms with van der Waals surface area (Å²) in [4.78, 5) is 26.2. The molecule has 2 aromatic carbocycles. The second kappa shape index (κ2) is 8.04. The van der Waals surface area contributed by atoms with Crippen LogP contribution in [-0.4, -0.2) is 36.6 Å². The highest BCUT2D eigenvalue weighted by Gasteiger charge is 2.08. The molecule has 0 unspecified atom stereocenters. The van der Waals surface area contributed by atoms with Crippen LogP contribution in [0.3, 0.4) is 0 Å². The number of rotatable bonds is 5. The van der Waals surface area contributed by atoms with E-state index in [1.807, 2.05) is 18.2 Å². The van der Waals surface area contributed by atoms with E-state index in [2.05, 4.69) is 5.32 Å². The molecule has 2 aromatic rings. The number of nitrogens with one attached hydrogen (secondary N) is 1. The number of benzene rings is 2. The SMILES string of the molecule is CN(C)C(=O)c1ccc(NC(=O)CSc2cccc(Cl)c2)cc1. The quantitative estimate of drug-likeness (QED) is 0.837. The first-order chi connectivity index (χ1) is 11.0. The number of amides is 2. The van der Waals surface area contributed by atoms with E-state index in [-0.39, 0.29) is 11.8 Å². The molecule has 0 spiro atoms. The number of halogens is 1. The van der Waals surface area contributed by atoms with Crippen LogP contribution in [0.25, 0.3) is 0 Å². The standard InChI is InChI=1S/C17H17ClN2O2S/c1-20(2)17(22)12-6-8-14(9-7-12)19-16(21)11-23-15-5-3-4-13(18)10-15/h3-10H,11H2,1-2H3,(H,19,21). The normalized spacial score (nSPS) is 10.2. The summed E-state index contributed by atoms with van der Waals surface area (Å²) < 4.78 is 0. The van der Waals surface area contributed by atoms with Crippen molar-refractivity contribution in [3.8, 4) is 0 Å². The highest BCUT2D eigenvalue weighted by Crippen LogP contribution is 2.21. The van der Waals surface area contributed by atoms with Crippen molar-refractivity contribution in [3.63, 3.8) is 0 Å². The molecule has 0 atom stereocenters. The third kappa shape index (κ3) is 5.30. The lowest BCUT2D eigenvalue weighted by atomic mass is 10.2. The molecule has 0 heterocycles. The van der Waals surface area contributed by atoms with E-state index in [4.69, 9.17) is 11.6 Å². The van der Waals surface area contributed by atoms with Gasteiger partial charge in [-0.05, 0) is 42.5 Å². The Bertz CT molecular complexity index is 702. The third-order valence-electron chi connectivity index (χ3n) is 2.99. The Hall–Kier alpha value is -1.98. The van der Waals surface area contributed by atoms with Crippen LogP contribution in [0, 0.1) is 0 Å². The van der Waals surface area contributed by atoms with Crippen molar-refractivity contribution in [2.24, 2.45) is 0 Å². The molecule has 0 aliphatic heterocycles. The van der Waals surface area contributed by atoms with Crippen molar-refractivity contribution in [1.82, 2.24) is 4.90 Å². The number of carbonyl (C=O) groups excluding carboxylic acids is 2. The van der Waals surface area contributed by atoms with Crippen molar-refractivity contribution >= 4 is 40.9 Å². The largest absolute Gasteiger partial charge is 0.345 e. The van der Waals surface area contributed by atoms with Crippen LogP contribution in [0.5, 0.6) is 0 Å². The maximum Gasteiger partial charge on any atom is 0.253 e. The molecule has 2 amide bonds. The Kier molecular flexibility index (Phi) is 6.07. The van der Waals surface area contributed by atoms with Gasteiger partial charge in [0.05, 0.1) is 5.75 Å². The van der Waals surface area contributed by atoms with Crippen LogP contribution in [-0.2, 0) is 4.79 Å². The molecule has 0 saturated carbocycles. The van der Waals surface area contributed by atoms with Crippen LogP contribution < -0.4 is 5.32 Å². The van der Waals surface area contributed by atoms with Crippen molar-refractivity contribution in [2.45, 2.75) is 4.90 Å². The monoisotopic (exact) mass is 348 g/mol.